The Labute approximate surface area is 109 Å². The molecule has 0 aliphatic rings. The maximum absolute atomic E-state index is 5.38. The zero-order valence-electron chi connectivity index (χ0n) is 10.9. The van der Waals surface area contributed by atoms with Gasteiger partial charge in [-0.25, -0.2) is 0 Å². The molecule has 0 fully saturated rings. The maximum atomic E-state index is 5.38. The van der Waals surface area contributed by atoms with E-state index in [1.54, 1.807) is 13.2 Å². The molecule has 18 heavy (non-hydrogen) atoms. The van der Waals surface area contributed by atoms with Crippen molar-refractivity contribution in [2.24, 2.45) is 5.73 Å². The van der Waals surface area contributed by atoms with Crippen LogP contribution in [0.1, 0.15) is 11.1 Å². The van der Waals surface area contributed by atoms with Crippen molar-refractivity contribution in [2.45, 2.75) is 6.92 Å². The molecule has 0 radical (unpaired) electrons. The highest BCUT2D eigenvalue weighted by Crippen LogP contribution is 2.20. The van der Waals surface area contributed by atoms with E-state index < -0.39 is 0 Å². The van der Waals surface area contributed by atoms with Gasteiger partial charge in [-0.3, -0.25) is 0 Å². The van der Waals surface area contributed by atoms with Gasteiger partial charge in [-0.05, 0) is 42.0 Å². The lowest BCUT2D eigenvalue weighted by molar-refractivity contribution is 0.411. The first kappa shape index (κ1) is 13.8. The summed E-state index contributed by atoms with van der Waals surface area (Å²) in [6.45, 7) is 5.69. The van der Waals surface area contributed by atoms with Gasteiger partial charge >= 0.3 is 0 Å². The highest BCUT2D eigenvalue weighted by atomic mass is 16.5. The predicted molar refractivity (Wildman–Crippen MR) is 78.4 cm³/mol. The third-order valence-electron chi connectivity index (χ3n) is 2.50. The van der Waals surface area contributed by atoms with E-state index in [4.69, 9.17) is 10.5 Å². The minimum Gasteiger partial charge on any atom is -0.496 e. The number of benzene rings is 1. The van der Waals surface area contributed by atoms with E-state index in [2.05, 4.69) is 6.58 Å². The van der Waals surface area contributed by atoms with Gasteiger partial charge < -0.3 is 10.5 Å². The smallest absolute Gasteiger partial charge is 0.122 e. The third kappa shape index (κ3) is 3.98. The largest absolute Gasteiger partial charge is 0.496 e. The Balaban J connectivity index is 2.95. The summed E-state index contributed by atoms with van der Waals surface area (Å²) < 4.78 is 5.29. The Morgan fingerprint density at radius 1 is 1.33 bits per heavy atom. The third-order valence-corrected chi connectivity index (χ3v) is 2.50. The van der Waals surface area contributed by atoms with Crippen LogP contribution in [0.4, 0.5) is 0 Å². The normalized spacial score (nSPS) is 12.2. The Morgan fingerprint density at radius 3 is 2.72 bits per heavy atom. The fourth-order valence-corrected chi connectivity index (χ4v) is 1.55. The topological polar surface area (TPSA) is 35.2 Å². The first-order valence-corrected chi connectivity index (χ1v) is 5.75. The molecule has 2 heteroatoms. The van der Waals surface area contributed by atoms with Crippen molar-refractivity contribution in [3.8, 4) is 5.75 Å². The van der Waals surface area contributed by atoms with Crippen LogP contribution >= 0.6 is 0 Å². The molecule has 1 aromatic rings. The molecule has 0 heterocycles. The molecule has 2 N–H and O–H groups in total. The highest BCUT2D eigenvalue weighted by molar-refractivity contribution is 5.57. The first-order valence-electron chi connectivity index (χ1n) is 5.75. The minimum atomic E-state index is 0.890. The molecule has 0 bridgehead atoms. The Kier molecular flexibility index (Phi) is 5.52. The molecule has 1 rings (SSSR count). The molecule has 2 nitrogen and oxygen atoms in total. The van der Waals surface area contributed by atoms with Crippen molar-refractivity contribution in [1.82, 2.24) is 0 Å². The lowest BCUT2D eigenvalue weighted by atomic mass is 10.1. The molecule has 0 aliphatic heterocycles. The summed E-state index contributed by atoms with van der Waals surface area (Å²) in [4.78, 5) is 0. The van der Waals surface area contributed by atoms with Crippen molar-refractivity contribution in [1.29, 1.82) is 0 Å². The number of rotatable bonds is 5. The van der Waals surface area contributed by atoms with Crippen LogP contribution in [0.25, 0.3) is 6.08 Å². The molecule has 0 aliphatic carbocycles. The molecular weight excluding hydrogens is 222 g/mol. The molecule has 0 spiro atoms. The molecule has 0 unspecified atom stereocenters. The van der Waals surface area contributed by atoms with Gasteiger partial charge in [0.25, 0.3) is 0 Å². The van der Waals surface area contributed by atoms with Crippen LogP contribution < -0.4 is 10.5 Å². The summed E-state index contributed by atoms with van der Waals surface area (Å²) in [6.07, 6.45) is 11.0. The number of allylic oxidation sites excluding steroid dienone is 5. The van der Waals surface area contributed by atoms with Crippen LogP contribution in [-0.4, -0.2) is 7.11 Å². The lowest BCUT2D eigenvalue weighted by Gasteiger charge is -2.04. The molecule has 94 valence electrons. The maximum Gasteiger partial charge on any atom is 0.122 e. The number of nitrogens with two attached hydrogens (primary N) is 1. The molecule has 1 aromatic carbocycles. The Hall–Kier alpha value is -2.22. The Morgan fingerprint density at radius 2 is 2.11 bits per heavy atom. The number of ether oxygens (including phenoxy) is 1. The molecule has 0 aromatic heterocycles. The van der Waals surface area contributed by atoms with Gasteiger partial charge in [-0.1, -0.05) is 43.0 Å². The first-order chi connectivity index (χ1) is 8.71. The van der Waals surface area contributed by atoms with Crippen molar-refractivity contribution in [2.75, 3.05) is 7.11 Å². The summed E-state index contributed by atoms with van der Waals surface area (Å²) >= 11 is 0. The van der Waals surface area contributed by atoms with Crippen LogP contribution in [0, 0.1) is 6.92 Å². The molecule has 0 amide bonds. The zero-order chi connectivity index (χ0) is 13.4. The van der Waals surface area contributed by atoms with Crippen LogP contribution in [0.2, 0.25) is 0 Å². The lowest BCUT2D eigenvalue weighted by Crippen LogP contribution is -1.87. The number of hydrogen-bond donors (Lipinski definition) is 1. The van der Waals surface area contributed by atoms with E-state index in [1.165, 1.54) is 6.20 Å². The quantitative estimate of drug-likeness (QED) is 0.799. The van der Waals surface area contributed by atoms with E-state index in [1.807, 2.05) is 49.4 Å². The zero-order valence-corrected chi connectivity index (χ0v) is 10.9. The fraction of sp³-hybridized carbons (Fsp3) is 0.125. The van der Waals surface area contributed by atoms with Crippen LogP contribution in [0.3, 0.4) is 0 Å². The number of hydrogen-bond acceptors (Lipinski definition) is 2. The van der Waals surface area contributed by atoms with E-state index >= 15 is 0 Å². The molecule has 0 atom stereocenters. The molecular formula is C16H19NO. The SMILES string of the molecule is C=C/C=C(\C=C/N)/C=C/c1ccc(C)c(OC)c1. The van der Waals surface area contributed by atoms with E-state index in [0.717, 1.165) is 22.4 Å². The monoisotopic (exact) mass is 241 g/mol. The van der Waals surface area contributed by atoms with Crippen LogP contribution in [-0.2, 0) is 0 Å². The second-order valence-corrected chi connectivity index (χ2v) is 3.82. The van der Waals surface area contributed by atoms with E-state index in [9.17, 15) is 0 Å². The Bertz CT molecular complexity index is 496. The summed E-state index contributed by atoms with van der Waals surface area (Å²) in [6, 6.07) is 6.09. The van der Waals surface area contributed by atoms with Gasteiger partial charge in [0.15, 0.2) is 0 Å². The van der Waals surface area contributed by atoms with Gasteiger partial charge in [-0.2, -0.15) is 0 Å². The van der Waals surface area contributed by atoms with Crippen molar-refractivity contribution in [3.63, 3.8) is 0 Å². The second-order valence-electron chi connectivity index (χ2n) is 3.82. The molecule has 0 saturated heterocycles. The van der Waals surface area contributed by atoms with Crippen LogP contribution in [0.5, 0.6) is 5.75 Å². The van der Waals surface area contributed by atoms with E-state index in [0.29, 0.717) is 0 Å². The summed E-state index contributed by atoms with van der Waals surface area (Å²) in [5.41, 5.74) is 8.58. The summed E-state index contributed by atoms with van der Waals surface area (Å²) in [5, 5.41) is 0. The van der Waals surface area contributed by atoms with Crippen molar-refractivity contribution in [3.05, 3.63) is 72.0 Å². The van der Waals surface area contributed by atoms with Gasteiger partial charge in [0.05, 0.1) is 7.11 Å². The number of methoxy groups -OCH3 is 1. The minimum absolute atomic E-state index is 0.890. The average molecular weight is 241 g/mol. The predicted octanol–water partition coefficient (Wildman–Crippen LogP) is 3.60. The number of aryl methyl sites for hydroxylation is 1. The van der Waals surface area contributed by atoms with Crippen LogP contribution in [0.15, 0.2) is 60.9 Å². The second kappa shape index (κ2) is 7.17. The van der Waals surface area contributed by atoms with Gasteiger partial charge in [-0.15, -0.1) is 0 Å². The summed E-state index contributed by atoms with van der Waals surface area (Å²) in [5.74, 6) is 0.890. The summed E-state index contributed by atoms with van der Waals surface area (Å²) in [7, 11) is 1.68. The van der Waals surface area contributed by atoms with Crippen molar-refractivity contribution < 1.29 is 4.74 Å². The molecule has 0 saturated carbocycles. The van der Waals surface area contributed by atoms with Gasteiger partial charge in [0, 0.05) is 0 Å². The fourth-order valence-electron chi connectivity index (χ4n) is 1.55. The van der Waals surface area contributed by atoms with Gasteiger partial charge in [0.1, 0.15) is 5.75 Å². The van der Waals surface area contributed by atoms with Gasteiger partial charge in [0.2, 0.25) is 0 Å². The highest BCUT2D eigenvalue weighted by Gasteiger charge is 1.97. The standard InChI is InChI=1S/C16H19NO/c1-4-5-14(10-11-17)8-9-15-7-6-13(2)16(12-15)18-3/h4-12H,1,17H2,2-3H3/b9-8+,11-10-,14-5-. The van der Waals surface area contributed by atoms with E-state index in [-0.39, 0.29) is 0 Å². The average Bonchev–Trinajstić information content (AvgIpc) is 2.38. The van der Waals surface area contributed by atoms with Crippen molar-refractivity contribution >= 4 is 6.08 Å².